The third-order valence-corrected chi connectivity index (χ3v) is 7.10. The maximum absolute atomic E-state index is 12.6. The Hall–Kier alpha value is -3.23. The summed E-state index contributed by atoms with van der Waals surface area (Å²) in [6.07, 6.45) is 2.40. The fraction of sp³-hybridized carbons (Fsp3) is 0.423. The molecule has 1 atom stereocenters. The maximum Gasteiger partial charge on any atom is 0.311 e. The van der Waals surface area contributed by atoms with Crippen LogP contribution in [-0.2, 0) is 11.3 Å². The van der Waals surface area contributed by atoms with Crippen LogP contribution in [0.5, 0.6) is 5.75 Å². The Morgan fingerprint density at radius 1 is 1.06 bits per heavy atom. The van der Waals surface area contributed by atoms with E-state index in [4.69, 9.17) is 13.9 Å². The predicted octanol–water partition coefficient (Wildman–Crippen LogP) is 3.25. The molecule has 0 saturated carbocycles. The predicted molar refractivity (Wildman–Crippen MR) is 124 cm³/mol. The molecule has 0 bridgehead atoms. The lowest BCUT2D eigenvalue weighted by atomic mass is 9.87. The number of rotatable bonds is 6. The van der Waals surface area contributed by atoms with E-state index in [2.05, 4.69) is 27.2 Å². The van der Waals surface area contributed by atoms with E-state index in [0.717, 1.165) is 44.2 Å². The minimum atomic E-state index is -0.263. The normalized spacial score (nSPS) is 22.9. The molecule has 1 spiro atoms. The van der Waals surface area contributed by atoms with E-state index in [1.54, 1.807) is 4.90 Å². The molecule has 3 aliphatic heterocycles. The molecule has 2 aromatic carbocycles. The second kappa shape index (κ2) is 8.85. The zero-order chi connectivity index (χ0) is 23.0. The number of carbonyl (C=O) groups excluding carboxylic acids is 1. The Kier molecular flexibility index (Phi) is 5.55. The van der Waals surface area contributed by atoms with Crippen molar-refractivity contribution < 1.29 is 18.7 Å². The molecule has 8 heteroatoms. The zero-order valence-corrected chi connectivity index (χ0v) is 19.1. The first kappa shape index (κ1) is 21.3. The molecule has 1 aromatic heterocycles. The summed E-state index contributed by atoms with van der Waals surface area (Å²) in [5.41, 5.74) is 2.47. The molecule has 4 heterocycles. The third-order valence-electron chi connectivity index (χ3n) is 7.10. The Morgan fingerprint density at radius 2 is 1.88 bits per heavy atom. The number of aromatic nitrogens is 2. The first-order chi connectivity index (χ1) is 16.7. The monoisotopic (exact) mass is 460 g/mol. The van der Waals surface area contributed by atoms with Gasteiger partial charge in [-0.3, -0.25) is 9.69 Å². The highest BCUT2D eigenvalue weighted by Gasteiger charge is 2.41. The summed E-state index contributed by atoms with van der Waals surface area (Å²) in [5, 5.41) is 7.92. The molecular formula is C26H28N4O4. The van der Waals surface area contributed by atoms with Gasteiger partial charge in [0.2, 0.25) is 5.89 Å². The maximum atomic E-state index is 12.6. The summed E-state index contributed by atoms with van der Waals surface area (Å²) in [4.78, 5) is 16.8. The molecule has 0 radical (unpaired) electrons. The standard InChI is InChI=1S/C26H28N4O4/c31-25(24-28-27-23(34-24)20-4-2-1-3-5-20)30-15-22(16-30)33-21-8-6-19(7-9-21)14-29-12-10-26(17-29)11-13-32-18-26/h1-9,22H,10-18H2. The average Bonchev–Trinajstić information content (AvgIpc) is 3.60. The lowest BCUT2D eigenvalue weighted by Crippen LogP contribution is -2.56. The van der Waals surface area contributed by atoms with Crippen LogP contribution in [0.25, 0.3) is 11.5 Å². The van der Waals surface area contributed by atoms with Crippen molar-refractivity contribution in [2.75, 3.05) is 39.4 Å². The van der Waals surface area contributed by atoms with Crippen LogP contribution in [0.4, 0.5) is 0 Å². The number of nitrogens with zero attached hydrogens (tertiary/aromatic N) is 4. The van der Waals surface area contributed by atoms with Crippen molar-refractivity contribution in [3.05, 3.63) is 66.1 Å². The first-order valence-corrected chi connectivity index (χ1v) is 11.9. The second-order valence-electron chi connectivity index (χ2n) is 9.64. The van der Waals surface area contributed by atoms with Crippen molar-refractivity contribution in [2.45, 2.75) is 25.5 Å². The number of benzene rings is 2. The number of carbonyl (C=O) groups is 1. The lowest BCUT2D eigenvalue weighted by Gasteiger charge is -2.38. The van der Waals surface area contributed by atoms with Gasteiger partial charge in [0.1, 0.15) is 11.9 Å². The van der Waals surface area contributed by atoms with E-state index in [-0.39, 0.29) is 17.9 Å². The third kappa shape index (κ3) is 4.31. The number of ether oxygens (including phenoxy) is 2. The molecule has 34 heavy (non-hydrogen) atoms. The van der Waals surface area contributed by atoms with Gasteiger partial charge in [-0.2, -0.15) is 0 Å². The van der Waals surface area contributed by atoms with Gasteiger partial charge in [-0.15, -0.1) is 10.2 Å². The van der Waals surface area contributed by atoms with E-state index in [1.807, 2.05) is 42.5 Å². The van der Waals surface area contributed by atoms with Gasteiger partial charge < -0.3 is 18.8 Å². The van der Waals surface area contributed by atoms with Gasteiger partial charge in [0.15, 0.2) is 0 Å². The fourth-order valence-corrected chi connectivity index (χ4v) is 5.08. The van der Waals surface area contributed by atoms with E-state index >= 15 is 0 Å². The lowest BCUT2D eigenvalue weighted by molar-refractivity contribution is 0.0150. The SMILES string of the molecule is O=C(c1nnc(-c2ccccc2)o1)N1CC(Oc2ccc(CN3CCC4(CCOC4)C3)cc2)C1. The Labute approximate surface area is 198 Å². The largest absolute Gasteiger partial charge is 0.487 e. The Bertz CT molecular complexity index is 1140. The van der Waals surface area contributed by atoms with Crippen molar-refractivity contribution in [2.24, 2.45) is 5.41 Å². The minimum absolute atomic E-state index is 0.00881. The van der Waals surface area contributed by atoms with Crippen LogP contribution < -0.4 is 4.74 Å². The highest BCUT2D eigenvalue weighted by Crippen LogP contribution is 2.38. The van der Waals surface area contributed by atoms with E-state index in [9.17, 15) is 4.79 Å². The molecule has 1 unspecified atom stereocenters. The van der Waals surface area contributed by atoms with E-state index in [0.29, 0.717) is 24.4 Å². The van der Waals surface area contributed by atoms with Gasteiger partial charge in [0.05, 0.1) is 19.7 Å². The quantitative estimate of drug-likeness (QED) is 0.559. The van der Waals surface area contributed by atoms with Crippen LogP contribution >= 0.6 is 0 Å². The molecule has 6 rings (SSSR count). The van der Waals surface area contributed by atoms with Gasteiger partial charge in [0, 0.05) is 30.7 Å². The molecule has 0 N–H and O–H groups in total. The molecule has 3 aliphatic rings. The van der Waals surface area contributed by atoms with Crippen LogP contribution in [0.15, 0.2) is 59.0 Å². The fourth-order valence-electron chi connectivity index (χ4n) is 5.08. The van der Waals surface area contributed by atoms with Crippen molar-refractivity contribution in [1.82, 2.24) is 20.0 Å². The van der Waals surface area contributed by atoms with Gasteiger partial charge in [-0.25, -0.2) is 0 Å². The Balaban J connectivity index is 0.980. The molecule has 0 aliphatic carbocycles. The van der Waals surface area contributed by atoms with Crippen LogP contribution in [-0.4, -0.2) is 71.4 Å². The number of hydrogen-bond donors (Lipinski definition) is 0. The van der Waals surface area contributed by atoms with Crippen molar-refractivity contribution in [3.63, 3.8) is 0 Å². The van der Waals surface area contributed by atoms with Crippen molar-refractivity contribution >= 4 is 5.91 Å². The Morgan fingerprint density at radius 3 is 2.65 bits per heavy atom. The number of hydrogen-bond acceptors (Lipinski definition) is 7. The highest BCUT2D eigenvalue weighted by molar-refractivity contribution is 5.90. The zero-order valence-electron chi connectivity index (χ0n) is 19.1. The highest BCUT2D eigenvalue weighted by atomic mass is 16.5. The van der Waals surface area contributed by atoms with Crippen LogP contribution in [0, 0.1) is 5.41 Å². The molecule has 8 nitrogen and oxygen atoms in total. The summed E-state index contributed by atoms with van der Waals surface area (Å²) in [6.45, 7) is 6.06. The van der Waals surface area contributed by atoms with Crippen molar-refractivity contribution in [1.29, 1.82) is 0 Å². The smallest absolute Gasteiger partial charge is 0.311 e. The average molecular weight is 461 g/mol. The summed E-state index contributed by atoms with van der Waals surface area (Å²) in [6, 6.07) is 17.7. The first-order valence-electron chi connectivity index (χ1n) is 11.9. The van der Waals surface area contributed by atoms with Gasteiger partial charge >= 0.3 is 11.8 Å². The number of likely N-dealkylation sites (tertiary alicyclic amines) is 2. The van der Waals surface area contributed by atoms with Crippen LogP contribution in [0.1, 0.15) is 29.1 Å². The molecule has 1 amide bonds. The van der Waals surface area contributed by atoms with Crippen LogP contribution in [0.2, 0.25) is 0 Å². The molecular weight excluding hydrogens is 432 g/mol. The molecule has 3 saturated heterocycles. The summed E-state index contributed by atoms with van der Waals surface area (Å²) in [5.74, 6) is 0.917. The second-order valence-corrected chi connectivity index (χ2v) is 9.64. The van der Waals surface area contributed by atoms with Gasteiger partial charge in [-0.05, 0) is 49.2 Å². The minimum Gasteiger partial charge on any atom is -0.487 e. The van der Waals surface area contributed by atoms with Gasteiger partial charge in [0.25, 0.3) is 0 Å². The summed E-state index contributed by atoms with van der Waals surface area (Å²) < 4.78 is 17.3. The summed E-state index contributed by atoms with van der Waals surface area (Å²) >= 11 is 0. The van der Waals surface area contributed by atoms with Gasteiger partial charge in [-0.1, -0.05) is 30.3 Å². The molecule has 3 fully saturated rings. The van der Waals surface area contributed by atoms with E-state index < -0.39 is 0 Å². The number of amides is 1. The van der Waals surface area contributed by atoms with Crippen molar-refractivity contribution in [3.8, 4) is 17.2 Å². The van der Waals surface area contributed by atoms with E-state index in [1.165, 1.54) is 18.4 Å². The topological polar surface area (TPSA) is 80.9 Å². The molecule has 3 aromatic rings. The molecule has 176 valence electrons. The van der Waals surface area contributed by atoms with Crippen LogP contribution in [0.3, 0.4) is 0 Å². The summed E-state index contributed by atoms with van der Waals surface area (Å²) in [7, 11) is 0.